The molecule has 0 atom stereocenters. The van der Waals surface area contributed by atoms with E-state index in [2.05, 4.69) is 60.6 Å². The van der Waals surface area contributed by atoms with Crippen molar-refractivity contribution in [2.75, 3.05) is 0 Å². The summed E-state index contributed by atoms with van der Waals surface area (Å²) in [6, 6.07) is 28.7. The smallest absolute Gasteiger partial charge is 0.142 e. The second kappa shape index (κ2) is 9.46. The van der Waals surface area contributed by atoms with Gasteiger partial charge in [0.25, 0.3) is 0 Å². The summed E-state index contributed by atoms with van der Waals surface area (Å²) in [5.74, 6) is 0. The second-order valence-corrected chi connectivity index (χ2v) is 8.03. The number of rotatable bonds is 7. The summed E-state index contributed by atoms with van der Waals surface area (Å²) >= 11 is 1.67. The van der Waals surface area contributed by atoms with E-state index in [-0.39, 0.29) is 0 Å². The van der Waals surface area contributed by atoms with Gasteiger partial charge >= 0.3 is 0 Å². The van der Waals surface area contributed by atoms with Crippen LogP contribution in [0.1, 0.15) is 16.7 Å². The highest BCUT2D eigenvalue weighted by molar-refractivity contribution is 7.99. The average molecular weight is 414 g/mol. The van der Waals surface area contributed by atoms with E-state index in [4.69, 9.17) is 9.94 Å². The van der Waals surface area contributed by atoms with Gasteiger partial charge in [0.1, 0.15) is 17.3 Å². The summed E-state index contributed by atoms with van der Waals surface area (Å²) in [5, 5.41) is 10.1. The first kappa shape index (κ1) is 20.0. The third-order valence-corrected chi connectivity index (χ3v) is 5.83. The fourth-order valence-corrected chi connectivity index (χ4v) is 4.01. The molecule has 3 aromatic carbocycles. The Morgan fingerprint density at radius 2 is 1.60 bits per heavy atom. The Kier molecular flexibility index (Phi) is 6.30. The van der Waals surface area contributed by atoms with E-state index in [0.29, 0.717) is 6.61 Å². The van der Waals surface area contributed by atoms with E-state index in [9.17, 15) is 0 Å². The molecule has 0 aliphatic carbocycles. The molecule has 0 saturated carbocycles. The highest BCUT2D eigenvalue weighted by Crippen LogP contribution is 2.34. The zero-order chi connectivity index (χ0) is 20.8. The van der Waals surface area contributed by atoms with Gasteiger partial charge in [-0.05, 0) is 24.6 Å². The predicted molar refractivity (Wildman–Crippen MR) is 123 cm³/mol. The molecule has 5 heteroatoms. The van der Waals surface area contributed by atoms with Gasteiger partial charge in [0.2, 0.25) is 0 Å². The fraction of sp³-hybridized carbons (Fsp3) is 0.120. The highest BCUT2D eigenvalue weighted by Gasteiger charge is 2.17. The Balaban J connectivity index is 1.62. The zero-order valence-corrected chi connectivity index (χ0v) is 17.8. The summed E-state index contributed by atoms with van der Waals surface area (Å²) in [7, 11) is 1.96. The molecule has 0 unspecified atom stereocenters. The normalized spacial score (nSPS) is 11.1. The lowest BCUT2D eigenvalue weighted by molar-refractivity contribution is 0.132. The standard InChI is InChI=1S/C25H23N3OS/c1-19-13-15-20(16-14-19)18-29-26-17-23-24(21-9-5-3-6-10-21)27-28(2)25(23)30-22-11-7-4-8-12-22/h3-17H,18H2,1-2H3/b26-17-. The van der Waals surface area contributed by atoms with Crippen molar-refractivity contribution in [3.63, 3.8) is 0 Å². The van der Waals surface area contributed by atoms with Crippen LogP contribution in [0.5, 0.6) is 0 Å². The maximum atomic E-state index is 5.59. The molecule has 0 amide bonds. The van der Waals surface area contributed by atoms with Gasteiger partial charge in [0, 0.05) is 17.5 Å². The van der Waals surface area contributed by atoms with Crippen molar-refractivity contribution < 1.29 is 4.84 Å². The minimum Gasteiger partial charge on any atom is -0.391 e. The van der Waals surface area contributed by atoms with Crippen LogP contribution in [0.3, 0.4) is 0 Å². The van der Waals surface area contributed by atoms with Crippen LogP contribution < -0.4 is 0 Å². The monoisotopic (exact) mass is 413 g/mol. The van der Waals surface area contributed by atoms with E-state index < -0.39 is 0 Å². The number of aryl methyl sites for hydroxylation is 2. The molecule has 0 spiro atoms. The SMILES string of the molecule is Cc1ccc(CO/N=C\c2c(-c3ccccc3)nn(C)c2Sc2ccccc2)cc1. The van der Waals surface area contributed by atoms with Gasteiger partial charge < -0.3 is 4.84 Å². The molecule has 0 saturated heterocycles. The quantitative estimate of drug-likeness (QED) is 0.272. The van der Waals surface area contributed by atoms with Gasteiger partial charge in [-0.25, -0.2) is 0 Å². The number of oxime groups is 1. The maximum Gasteiger partial charge on any atom is 0.142 e. The Bertz CT molecular complexity index is 1120. The van der Waals surface area contributed by atoms with Crippen molar-refractivity contribution >= 4 is 18.0 Å². The molecular weight excluding hydrogens is 390 g/mol. The van der Waals surface area contributed by atoms with Gasteiger partial charge in [-0.1, -0.05) is 95.3 Å². The maximum absolute atomic E-state index is 5.59. The average Bonchev–Trinajstić information content (AvgIpc) is 3.09. The summed E-state index contributed by atoms with van der Waals surface area (Å²) in [6.45, 7) is 2.50. The van der Waals surface area contributed by atoms with Crippen LogP contribution >= 0.6 is 11.8 Å². The molecule has 4 aromatic rings. The van der Waals surface area contributed by atoms with E-state index in [1.54, 1.807) is 18.0 Å². The molecule has 0 fully saturated rings. The topological polar surface area (TPSA) is 39.4 Å². The van der Waals surface area contributed by atoms with E-state index in [1.165, 1.54) is 5.56 Å². The molecule has 4 nitrogen and oxygen atoms in total. The molecular formula is C25H23N3OS. The largest absolute Gasteiger partial charge is 0.391 e. The number of nitrogens with zero attached hydrogens (tertiary/aromatic N) is 3. The first-order valence-electron chi connectivity index (χ1n) is 9.77. The lowest BCUT2D eigenvalue weighted by Gasteiger charge is -2.04. The van der Waals surface area contributed by atoms with Gasteiger partial charge in [-0.15, -0.1) is 0 Å². The molecule has 150 valence electrons. The van der Waals surface area contributed by atoms with Crippen LogP contribution in [0.15, 0.2) is 100 Å². The Labute approximate surface area is 181 Å². The first-order chi connectivity index (χ1) is 14.7. The van der Waals surface area contributed by atoms with Gasteiger partial charge in [-0.2, -0.15) is 5.10 Å². The number of hydrogen-bond acceptors (Lipinski definition) is 4. The molecule has 0 radical (unpaired) electrons. The van der Waals surface area contributed by atoms with Gasteiger partial charge in [-0.3, -0.25) is 4.68 Å². The molecule has 30 heavy (non-hydrogen) atoms. The third kappa shape index (κ3) is 4.81. The molecule has 0 N–H and O–H groups in total. The summed E-state index contributed by atoms with van der Waals surface area (Å²) in [6.07, 6.45) is 1.77. The minimum absolute atomic E-state index is 0.429. The van der Waals surface area contributed by atoms with Crippen LogP contribution in [0, 0.1) is 6.92 Å². The number of aromatic nitrogens is 2. The van der Waals surface area contributed by atoms with Crippen molar-refractivity contribution in [3.8, 4) is 11.3 Å². The van der Waals surface area contributed by atoms with Crippen molar-refractivity contribution in [1.82, 2.24) is 9.78 Å². The van der Waals surface area contributed by atoms with Crippen molar-refractivity contribution in [2.45, 2.75) is 23.5 Å². The summed E-state index contributed by atoms with van der Waals surface area (Å²) in [4.78, 5) is 6.74. The fourth-order valence-electron chi connectivity index (χ4n) is 3.06. The lowest BCUT2D eigenvalue weighted by atomic mass is 10.1. The Hall–Kier alpha value is -3.31. The van der Waals surface area contributed by atoms with Crippen LogP contribution in [0.4, 0.5) is 0 Å². The summed E-state index contributed by atoms with van der Waals surface area (Å²) in [5.41, 5.74) is 5.20. The van der Waals surface area contributed by atoms with Crippen molar-refractivity contribution in [3.05, 3.63) is 102 Å². The van der Waals surface area contributed by atoms with Crippen LogP contribution in [-0.4, -0.2) is 16.0 Å². The van der Waals surface area contributed by atoms with Crippen LogP contribution in [0.25, 0.3) is 11.3 Å². The predicted octanol–water partition coefficient (Wildman–Crippen LogP) is 6.10. The van der Waals surface area contributed by atoms with E-state index in [1.807, 2.05) is 48.1 Å². The number of benzene rings is 3. The second-order valence-electron chi connectivity index (χ2n) is 6.97. The Morgan fingerprint density at radius 3 is 2.30 bits per heavy atom. The molecule has 0 aliphatic rings. The third-order valence-electron chi connectivity index (χ3n) is 4.64. The summed E-state index contributed by atoms with van der Waals surface area (Å²) < 4.78 is 1.90. The molecule has 0 bridgehead atoms. The zero-order valence-electron chi connectivity index (χ0n) is 17.0. The van der Waals surface area contributed by atoms with Crippen LogP contribution in [-0.2, 0) is 18.5 Å². The van der Waals surface area contributed by atoms with Gasteiger partial charge in [0.15, 0.2) is 0 Å². The van der Waals surface area contributed by atoms with Crippen molar-refractivity contribution in [1.29, 1.82) is 0 Å². The van der Waals surface area contributed by atoms with Gasteiger partial charge in [0.05, 0.1) is 11.8 Å². The first-order valence-corrected chi connectivity index (χ1v) is 10.6. The number of hydrogen-bond donors (Lipinski definition) is 0. The molecule has 0 aliphatic heterocycles. The molecule has 1 aromatic heterocycles. The molecule has 1 heterocycles. The minimum atomic E-state index is 0.429. The molecule has 4 rings (SSSR count). The lowest BCUT2D eigenvalue weighted by Crippen LogP contribution is -1.94. The van der Waals surface area contributed by atoms with E-state index in [0.717, 1.165) is 32.3 Å². The van der Waals surface area contributed by atoms with E-state index >= 15 is 0 Å². The Morgan fingerprint density at radius 1 is 0.933 bits per heavy atom. The van der Waals surface area contributed by atoms with Crippen molar-refractivity contribution in [2.24, 2.45) is 12.2 Å². The highest BCUT2D eigenvalue weighted by atomic mass is 32.2. The van der Waals surface area contributed by atoms with Crippen LogP contribution in [0.2, 0.25) is 0 Å².